The normalized spacial score (nSPS) is 14.7. The summed E-state index contributed by atoms with van der Waals surface area (Å²) in [5.74, 6) is 0. The number of thiophene rings is 1. The molecule has 0 bridgehead atoms. The second-order valence-electron chi connectivity index (χ2n) is 4.76. The van der Waals surface area contributed by atoms with Crippen LogP contribution in [0, 0.1) is 0 Å². The molecule has 0 unspecified atom stereocenters. The van der Waals surface area contributed by atoms with Gasteiger partial charge in [-0.2, -0.15) is 15.9 Å². The highest BCUT2D eigenvalue weighted by atomic mass is 32.1. The predicted molar refractivity (Wildman–Crippen MR) is 69.3 cm³/mol. The number of hydrogen-bond acceptors (Lipinski definition) is 2. The van der Waals surface area contributed by atoms with Crippen LogP contribution < -0.4 is 4.57 Å². The Morgan fingerprint density at radius 1 is 1.61 bits per heavy atom. The van der Waals surface area contributed by atoms with Crippen molar-refractivity contribution in [3.63, 3.8) is 0 Å². The van der Waals surface area contributed by atoms with E-state index in [2.05, 4.69) is 16.8 Å². The fourth-order valence-corrected chi connectivity index (χ4v) is 2.69. The van der Waals surface area contributed by atoms with Gasteiger partial charge in [-0.25, -0.2) is 9.36 Å². The summed E-state index contributed by atoms with van der Waals surface area (Å²) in [5, 5.41) is 4.17. The summed E-state index contributed by atoms with van der Waals surface area (Å²) >= 11 is 1.68. The molecule has 1 aliphatic rings. The molecule has 0 spiro atoms. The zero-order chi connectivity index (χ0) is 12.5. The van der Waals surface area contributed by atoms with Gasteiger partial charge in [0.15, 0.2) is 0 Å². The number of nitrogens with zero attached hydrogens (tertiary/aromatic N) is 3. The smallest absolute Gasteiger partial charge is 0.297 e. The van der Waals surface area contributed by atoms with Crippen LogP contribution >= 0.6 is 11.3 Å². The molecule has 1 saturated carbocycles. The van der Waals surface area contributed by atoms with Crippen LogP contribution in [0.2, 0.25) is 0 Å². The molecule has 2 aromatic rings. The SMILES string of the molecule is C[n+]1ccn(C(=O)N(Cc2ccsc2)C2CC2)c1. The van der Waals surface area contributed by atoms with E-state index in [4.69, 9.17) is 0 Å². The standard InChI is InChI=1S/C13H16N3OS/c1-14-5-6-15(10-14)13(17)16(12-2-3-12)8-11-4-7-18-9-11/h4-7,9-10,12H,2-3,8H2,1H3/q+1. The molecule has 0 saturated heterocycles. The minimum absolute atomic E-state index is 0.0734. The summed E-state index contributed by atoms with van der Waals surface area (Å²) in [6.07, 6.45) is 7.76. The van der Waals surface area contributed by atoms with Crippen molar-refractivity contribution in [1.82, 2.24) is 9.47 Å². The first-order chi connectivity index (χ1) is 8.74. The number of aryl methyl sites for hydroxylation is 1. The van der Waals surface area contributed by atoms with E-state index in [0.717, 1.165) is 19.4 Å². The Labute approximate surface area is 110 Å². The second kappa shape index (κ2) is 4.57. The van der Waals surface area contributed by atoms with E-state index in [1.54, 1.807) is 15.9 Å². The number of rotatable bonds is 3. The highest BCUT2D eigenvalue weighted by Crippen LogP contribution is 2.29. The van der Waals surface area contributed by atoms with Crippen LogP contribution in [0.4, 0.5) is 4.79 Å². The molecule has 1 aliphatic carbocycles. The first-order valence-electron chi connectivity index (χ1n) is 6.09. The summed E-state index contributed by atoms with van der Waals surface area (Å²) in [6.45, 7) is 0.717. The van der Waals surface area contributed by atoms with Crippen molar-refractivity contribution in [3.05, 3.63) is 41.1 Å². The fraction of sp³-hybridized carbons (Fsp3) is 0.385. The fourth-order valence-electron chi connectivity index (χ4n) is 2.03. The molecule has 0 N–H and O–H groups in total. The first-order valence-corrected chi connectivity index (χ1v) is 7.03. The molecular weight excluding hydrogens is 246 g/mol. The molecule has 2 heterocycles. The van der Waals surface area contributed by atoms with Gasteiger partial charge in [-0.15, -0.1) is 0 Å². The van der Waals surface area contributed by atoms with Crippen molar-refractivity contribution in [1.29, 1.82) is 0 Å². The Morgan fingerprint density at radius 2 is 2.44 bits per heavy atom. The largest absolute Gasteiger partial charge is 0.416 e. The molecule has 5 heteroatoms. The Bertz CT molecular complexity index is 542. The van der Waals surface area contributed by atoms with E-state index in [1.807, 2.05) is 35.2 Å². The van der Waals surface area contributed by atoms with Gasteiger partial charge in [-0.3, -0.25) is 4.90 Å². The molecule has 4 nitrogen and oxygen atoms in total. The minimum Gasteiger partial charge on any atom is -0.297 e. The molecule has 0 aromatic carbocycles. The summed E-state index contributed by atoms with van der Waals surface area (Å²) in [4.78, 5) is 14.4. The third kappa shape index (κ3) is 2.31. The van der Waals surface area contributed by atoms with Crippen molar-refractivity contribution in [3.8, 4) is 0 Å². The molecule has 0 aliphatic heterocycles. The zero-order valence-corrected chi connectivity index (χ0v) is 11.1. The van der Waals surface area contributed by atoms with E-state index < -0.39 is 0 Å². The van der Waals surface area contributed by atoms with E-state index in [1.165, 1.54) is 5.56 Å². The highest BCUT2D eigenvalue weighted by molar-refractivity contribution is 7.07. The van der Waals surface area contributed by atoms with Crippen molar-refractivity contribution < 1.29 is 9.36 Å². The summed E-state index contributed by atoms with van der Waals surface area (Å²) in [7, 11) is 1.92. The lowest BCUT2D eigenvalue weighted by Crippen LogP contribution is -2.36. The van der Waals surface area contributed by atoms with Crippen LogP contribution in [0.25, 0.3) is 0 Å². The van der Waals surface area contributed by atoms with E-state index in [9.17, 15) is 4.79 Å². The quantitative estimate of drug-likeness (QED) is 0.778. The summed E-state index contributed by atoms with van der Waals surface area (Å²) in [5.41, 5.74) is 1.22. The van der Waals surface area contributed by atoms with Gasteiger partial charge in [-0.1, -0.05) is 0 Å². The van der Waals surface area contributed by atoms with Gasteiger partial charge < -0.3 is 0 Å². The zero-order valence-electron chi connectivity index (χ0n) is 10.3. The number of carbonyl (C=O) groups is 1. The van der Waals surface area contributed by atoms with Gasteiger partial charge in [0.2, 0.25) is 0 Å². The molecule has 94 valence electrons. The van der Waals surface area contributed by atoms with Gasteiger partial charge in [0, 0.05) is 6.04 Å². The van der Waals surface area contributed by atoms with Crippen molar-refractivity contribution in [2.24, 2.45) is 7.05 Å². The molecule has 0 radical (unpaired) electrons. The lowest BCUT2D eigenvalue weighted by Gasteiger charge is -2.18. The van der Waals surface area contributed by atoms with Crippen LogP contribution in [-0.2, 0) is 13.6 Å². The number of amides is 1. The predicted octanol–water partition coefficient (Wildman–Crippen LogP) is 2.01. The van der Waals surface area contributed by atoms with Gasteiger partial charge >= 0.3 is 6.03 Å². The number of imidazole rings is 1. The maximum atomic E-state index is 12.4. The van der Waals surface area contributed by atoms with Crippen molar-refractivity contribution >= 4 is 17.4 Å². The highest BCUT2D eigenvalue weighted by Gasteiger charge is 2.35. The molecule has 18 heavy (non-hydrogen) atoms. The summed E-state index contributed by atoms with van der Waals surface area (Å²) < 4.78 is 3.54. The summed E-state index contributed by atoms with van der Waals surface area (Å²) in [6, 6.07) is 2.58. The van der Waals surface area contributed by atoms with Crippen molar-refractivity contribution in [2.45, 2.75) is 25.4 Å². The third-order valence-electron chi connectivity index (χ3n) is 3.16. The average molecular weight is 262 g/mol. The Hall–Kier alpha value is -1.62. The number of carbonyl (C=O) groups excluding carboxylic acids is 1. The molecule has 1 amide bonds. The van der Waals surface area contributed by atoms with Crippen LogP contribution in [0.3, 0.4) is 0 Å². The maximum Gasteiger partial charge on any atom is 0.416 e. The second-order valence-corrected chi connectivity index (χ2v) is 5.54. The third-order valence-corrected chi connectivity index (χ3v) is 3.89. The Balaban J connectivity index is 1.79. The average Bonchev–Trinajstić information content (AvgIpc) is 2.88. The lowest BCUT2D eigenvalue weighted by atomic mass is 10.3. The topological polar surface area (TPSA) is 29.1 Å². The lowest BCUT2D eigenvalue weighted by molar-refractivity contribution is -0.670. The van der Waals surface area contributed by atoms with Gasteiger partial charge in [0.05, 0.1) is 13.6 Å². The van der Waals surface area contributed by atoms with Crippen LogP contribution in [0.1, 0.15) is 18.4 Å². The van der Waals surface area contributed by atoms with Crippen LogP contribution in [-0.4, -0.2) is 21.5 Å². The Kier molecular flexibility index (Phi) is 2.91. The van der Waals surface area contributed by atoms with E-state index in [-0.39, 0.29) is 6.03 Å². The van der Waals surface area contributed by atoms with Crippen LogP contribution in [0.15, 0.2) is 35.5 Å². The van der Waals surface area contributed by atoms with E-state index in [0.29, 0.717) is 6.04 Å². The first kappa shape index (κ1) is 11.5. The van der Waals surface area contributed by atoms with Crippen LogP contribution in [0.5, 0.6) is 0 Å². The number of aromatic nitrogens is 2. The van der Waals surface area contributed by atoms with Gasteiger partial charge in [0.25, 0.3) is 6.33 Å². The molecule has 0 atom stereocenters. The maximum absolute atomic E-state index is 12.4. The minimum atomic E-state index is 0.0734. The Morgan fingerprint density at radius 3 is 3.00 bits per heavy atom. The molecule has 3 rings (SSSR count). The van der Waals surface area contributed by atoms with E-state index >= 15 is 0 Å². The van der Waals surface area contributed by atoms with Crippen molar-refractivity contribution in [2.75, 3.05) is 0 Å². The van der Waals surface area contributed by atoms with Gasteiger partial charge in [-0.05, 0) is 35.2 Å². The molecule has 2 aromatic heterocycles. The monoisotopic (exact) mass is 262 g/mol. The number of hydrogen-bond donors (Lipinski definition) is 0. The van der Waals surface area contributed by atoms with Gasteiger partial charge in [0.1, 0.15) is 12.4 Å². The molecular formula is C13H16N3OS+. The molecule has 1 fully saturated rings.